The predicted molar refractivity (Wildman–Crippen MR) is 45.6 cm³/mol. The van der Waals surface area contributed by atoms with Gasteiger partial charge in [-0.05, 0) is 6.07 Å². The monoisotopic (exact) mass is 173 g/mol. The lowest BCUT2D eigenvalue weighted by atomic mass is 10.3. The Morgan fingerprint density at radius 2 is 2.18 bits per heavy atom. The van der Waals surface area contributed by atoms with Crippen molar-refractivity contribution < 1.29 is 9.13 Å². The molecule has 0 saturated heterocycles. The molecule has 0 aliphatic carbocycles. The van der Waals surface area contributed by atoms with E-state index < -0.39 is 0 Å². The minimum absolute atomic E-state index is 0.346. The second-order valence-electron chi connectivity index (χ2n) is 1.99. The summed E-state index contributed by atoms with van der Waals surface area (Å²) in [6.45, 7) is 0. The fourth-order valence-electron chi connectivity index (χ4n) is 0.745. The first-order valence-corrected chi connectivity index (χ1v) is 3.45. The third-order valence-corrected chi connectivity index (χ3v) is 1.49. The highest BCUT2D eigenvalue weighted by molar-refractivity contribution is 7.81. The van der Waals surface area contributed by atoms with E-state index in [1.54, 1.807) is 6.07 Å². The number of hydrogen-bond donors (Lipinski definition) is 2. The first-order valence-electron chi connectivity index (χ1n) is 3.01. The first kappa shape index (κ1) is 8.20. The number of halogens is 1. The summed E-state index contributed by atoms with van der Waals surface area (Å²) in [6.07, 6.45) is 0. The Bertz CT molecular complexity index is 232. The van der Waals surface area contributed by atoms with Crippen molar-refractivity contribution in [1.82, 2.24) is 0 Å². The topological polar surface area (TPSA) is 21.3 Å². The van der Waals surface area contributed by atoms with E-state index in [1.807, 2.05) is 0 Å². The smallest absolute Gasteiger partial charge is 0.128 e. The van der Waals surface area contributed by atoms with Gasteiger partial charge in [-0.25, -0.2) is 4.39 Å². The molecule has 0 unspecified atom stereocenters. The Labute approximate surface area is 69.9 Å². The lowest BCUT2D eigenvalue weighted by Crippen LogP contribution is -1.87. The second-order valence-corrected chi connectivity index (χ2v) is 2.22. The summed E-state index contributed by atoms with van der Waals surface area (Å²) in [6, 6.07) is 4.28. The lowest BCUT2D eigenvalue weighted by Gasteiger charge is -2.02. The van der Waals surface area contributed by atoms with Gasteiger partial charge in [0.25, 0.3) is 0 Å². The average molecular weight is 173 g/mol. The lowest BCUT2D eigenvalue weighted by molar-refractivity contribution is 0.411. The van der Waals surface area contributed by atoms with Crippen LogP contribution in [-0.4, -0.2) is 7.11 Å². The van der Waals surface area contributed by atoms with Crippen molar-refractivity contribution in [2.75, 3.05) is 11.8 Å². The molecule has 2 nitrogen and oxygen atoms in total. The minimum Gasteiger partial charge on any atom is -0.497 e. The van der Waals surface area contributed by atoms with E-state index in [4.69, 9.17) is 4.74 Å². The van der Waals surface area contributed by atoms with Gasteiger partial charge in [0.1, 0.15) is 11.6 Å². The molecule has 11 heavy (non-hydrogen) atoms. The molecule has 4 heteroatoms. The molecule has 0 atom stereocenters. The van der Waals surface area contributed by atoms with E-state index in [2.05, 4.69) is 17.5 Å². The fourth-order valence-corrected chi connectivity index (χ4v) is 0.874. The highest BCUT2D eigenvalue weighted by Crippen LogP contribution is 2.19. The molecular weight excluding hydrogens is 165 g/mol. The maximum absolute atomic E-state index is 12.6. The van der Waals surface area contributed by atoms with Gasteiger partial charge in [-0.2, -0.15) is 0 Å². The molecule has 0 spiro atoms. The Kier molecular flexibility index (Phi) is 2.59. The molecule has 60 valence electrons. The standard InChI is InChI=1S/C7H8FNOS/c1-10-7-3-5(8)2-6(4-7)9-11/h2-4,9,11H,1H3. The number of ether oxygens (including phenoxy) is 1. The van der Waals surface area contributed by atoms with Crippen LogP contribution in [0.4, 0.5) is 10.1 Å². The fraction of sp³-hybridized carbons (Fsp3) is 0.143. The van der Waals surface area contributed by atoms with Gasteiger partial charge in [-0.15, -0.1) is 0 Å². The Balaban J connectivity index is 3.02. The summed E-state index contributed by atoms with van der Waals surface area (Å²) in [5.41, 5.74) is 0.574. The third kappa shape index (κ3) is 2.01. The average Bonchev–Trinajstić information content (AvgIpc) is 2.03. The molecule has 1 aromatic rings. The zero-order valence-electron chi connectivity index (χ0n) is 5.97. The minimum atomic E-state index is -0.346. The zero-order valence-corrected chi connectivity index (χ0v) is 6.86. The van der Waals surface area contributed by atoms with Crippen LogP contribution in [0.1, 0.15) is 0 Å². The van der Waals surface area contributed by atoms with Crippen molar-refractivity contribution in [3.05, 3.63) is 24.0 Å². The van der Waals surface area contributed by atoms with Crippen LogP contribution in [0.5, 0.6) is 5.75 Å². The van der Waals surface area contributed by atoms with Gasteiger partial charge >= 0.3 is 0 Å². The summed E-state index contributed by atoms with van der Waals surface area (Å²) in [5, 5.41) is 0. The zero-order chi connectivity index (χ0) is 8.27. The molecule has 1 N–H and O–H groups in total. The molecular formula is C7H8FNOS. The van der Waals surface area contributed by atoms with Crippen molar-refractivity contribution >= 4 is 18.5 Å². The van der Waals surface area contributed by atoms with E-state index in [-0.39, 0.29) is 5.82 Å². The van der Waals surface area contributed by atoms with E-state index in [0.717, 1.165) is 0 Å². The van der Waals surface area contributed by atoms with E-state index in [1.165, 1.54) is 19.2 Å². The largest absolute Gasteiger partial charge is 0.497 e. The number of hydrogen-bond acceptors (Lipinski definition) is 3. The predicted octanol–water partition coefficient (Wildman–Crippen LogP) is 2.09. The van der Waals surface area contributed by atoms with E-state index >= 15 is 0 Å². The number of anilines is 1. The Morgan fingerprint density at radius 1 is 1.45 bits per heavy atom. The summed E-state index contributed by atoms with van der Waals surface area (Å²) in [4.78, 5) is 0. The van der Waals surface area contributed by atoms with Crippen LogP contribution >= 0.6 is 12.8 Å². The van der Waals surface area contributed by atoms with Crippen LogP contribution in [0, 0.1) is 5.82 Å². The molecule has 0 aliphatic rings. The van der Waals surface area contributed by atoms with Crippen LogP contribution in [-0.2, 0) is 0 Å². The van der Waals surface area contributed by atoms with Gasteiger partial charge < -0.3 is 9.46 Å². The number of benzene rings is 1. The highest BCUT2D eigenvalue weighted by Gasteiger charge is 1.98. The van der Waals surface area contributed by atoms with Crippen LogP contribution in [0.3, 0.4) is 0 Å². The van der Waals surface area contributed by atoms with Crippen LogP contribution in [0.2, 0.25) is 0 Å². The molecule has 1 aromatic carbocycles. The molecule has 0 aliphatic heterocycles. The summed E-state index contributed by atoms with van der Waals surface area (Å²) in [5.74, 6) is 0.127. The van der Waals surface area contributed by atoms with Crippen molar-refractivity contribution in [2.24, 2.45) is 0 Å². The first-order chi connectivity index (χ1) is 5.26. The number of nitrogens with one attached hydrogen (secondary N) is 1. The number of thiol groups is 1. The second kappa shape index (κ2) is 3.48. The summed E-state index contributed by atoms with van der Waals surface area (Å²) >= 11 is 3.77. The van der Waals surface area contributed by atoms with Gasteiger partial charge in [-0.3, -0.25) is 0 Å². The quantitative estimate of drug-likeness (QED) is 0.668. The molecule has 0 fully saturated rings. The molecule has 0 aromatic heterocycles. The Morgan fingerprint density at radius 3 is 2.73 bits per heavy atom. The molecule has 0 radical (unpaired) electrons. The van der Waals surface area contributed by atoms with Gasteiger partial charge in [0.15, 0.2) is 0 Å². The summed E-state index contributed by atoms with van der Waals surface area (Å²) in [7, 11) is 1.48. The van der Waals surface area contributed by atoms with Gasteiger partial charge in [-0.1, -0.05) is 12.8 Å². The third-order valence-electron chi connectivity index (χ3n) is 1.24. The van der Waals surface area contributed by atoms with Crippen LogP contribution in [0.15, 0.2) is 18.2 Å². The van der Waals surface area contributed by atoms with Crippen LogP contribution in [0.25, 0.3) is 0 Å². The van der Waals surface area contributed by atoms with Crippen molar-refractivity contribution in [1.29, 1.82) is 0 Å². The van der Waals surface area contributed by atoms with E-state index in [9.17, 15) is 4.39 Å². The molecule has 0 amide bonds. The maximum Gasteiger partial charge on any atom is 0.128 e. The molecule has 0 bridgehead atoms. The molecule has 0 saturated carbocycles. The van der Waals surface area contributed by atoms with Crippen molar-refractivity contribution in [2.45, 2.75) is 0 Å². The van der Waals surface area contributed by atoms with Crippen molar-refractivity contribution in [3.8, 4) is 5.75 Å². The van der Waals surface area contributed by atoms with Crippen molar-refractivity contribution in [3.63, 3.8) is 0 Å². The normalized spacial score (nSPS) is 9.36. The van der Waals surface area contributed by atoms with Crippen LogP contribution < -0.4 is 9.46 Å². The molecule has 1 rings (SSSR count). The Hall–Kier alpha value is -0.900. The highest BCUT2D eigenvalue weighted by atomic mass is 32.1. The maximum atomic E-state index is 12.6. The summed E-state index contributed by atoms with van der Waals surface area (Å²) < 4.78 is 20.0. The number of rotatable bonds is 2. The van der Waals surface area contributed by atoms with Gasteiger partial charge in [0.05, 0.1) is 12.8 Å². The van der Waals surface area contributed by atoms with Gasteiger partial charge in [0, 0.05) is 12.1 Å². The number of methoxy groups -OCH3 is 1. The SMILES string of the molecule is COc1cc(F)cc(NS)c1. The van der Waals surface area contributed by atoms with Gasteiger partial charge in [0.2, 0.25) is 0 Å². The molecule has 0 heterocycles. The van der Waals surface area contributed by atoms with E-state index in [0.29, 0.717) is 11.4 Å².